The van der Waals surface area contributed by atoms with Crippen LogP contribution in [0.1, 0.15) is 16.1 Å². The van der Waals surface area contributed by atoms with Gasteiger partial charge in [-0.05, 0) is 18.2 Å². The van der Waals surface area contributed by atoms with E-state index >= 15 is 0 Å². The number of hydrogen-bond donors (Lipinski definition) is 1. The number of carbonyl (C=O) groups excluding carboxylic acids is 1. The quantitative estimate of drug-likeness (QED) is 0.320. The standard InChI is InChI=1S/C18H8F8N4O4/c19-10-5-9(1-2-11(10)34-18(24,25)26)33-12-6-27-15(17(21,22)23)14(20)13(12)16(31)29-8-3-4-28-30(32)7-8/h1-7H,(H,29,31). The monoisotopic (exact) mass is 496 g/mol. The Balaban J connectivity index is 2.01. The van der Waals surface area contributed by atoms with Gasteiger partial charge in [-0.15, -0.1) is 13.2 Å². The lowest BCUT2D eigenvalue weighted by Gasteiger charge is -2.15. The molecule has 0 radical (unpaired) electrons. The molecule has 1 amide bonds. The van der Waals surface area contributed by atoms with Crippen molar-refractivity contribution >= 4 is 11.6 Å². The first-order valence-corrected chi connectivity index (χ1v) is 8.60. The molecule has 2 heterocycles. The van der Waals surface area contributed by atoms with Crippen LogP contribution in [0.15, 0.2) is 42.9 Å². The smallest absolute Gasteiger partial charge is 0.573 e. The molecule has 1 aromatic carbocycles. The second-order valence-electron chi connectivity index (χ2n) is 6.17. The normalized spacial score (nSPS) is 11.8. The van der Waals surface area contributed by atoms with Crippen molar-refractivity contribution in [1.82, 2.24) is 10.1 Å². The first-order valence-electron chi connectivity index (χ1n) is 8.60. The van der Waals surface area contributed by atoms with E-state index in [0.29, 0.717) is 30.6 Å². The molecule has 0 bridgehead atoms. The van der Waals surface area contributed by atoms with Gasteiger partial charge in [-0.2, -0.15) is 13.2 Å². The fourth-order valence-electron chi connectivity index (χ4n) is 2.48. The number of hydrogen-bond acceptors (Lipinski definition) is 6. The second kappa shape index (κ2) is 8.95. The third-order valence-electron chi connectivity index (χ3n) is 3.78. The average Bonchev–Trinajstić information content (AvgIpc) is 2.68. The Morgan fingerprint density at radius 3 is 2.35 bits per heavy atom. The molecule has 0 atom stereocenters. The summed E-state index contributed by atoms with van der Waals surface area (Å²) in [6.45, 7) is 0. The molecule has 180 valence electrons. The van der Waals surface area contributed by atoms with E-state index in [-0.39, 0.29) is 10.5 Å². The Labute approximate surface area is 182 Å². The lowest BCUT2D eigenvalue weighted by Crippen LogP contribution is -2.30. The molecule has 0 aliphatic carbocycles. The fourth-order valence-corrected chi connectivity index (χ4v) is 2.48. The van der Waals surface area contributed by atoms with Crippen LogP contribution in [-0.4, -0.2) is 22.4 Å². The number of rotatable bonds is 5. The number of carbonyl (C=O) groups is 1. The average molecular weight is 496 g/mol. The first kappa shape index (κ1) is 24.4. The number of nitrogens with zero attached hydrogens (tertiary/aromatic N) is 3. The molecule has 1 N–H and O–H groups in total. The largest absolute Gasteiger partial charge is 0.594 e. The van der Waals surface area contributed by atoms with Gasteiger partial charge < -0.3 is 20.0 Å². The summed E-state index contributed by atoms with van der Waals surface area (Å²) >= 11 is 0. The maximum absolute atomic E-state index is 14.7. The molecule has 8 nitrogen and oxygen atoms in total. The number of anilines is 1. The van der Waals surface area contributed by atoms with Crippen LogP contribution < -0.4 is 19.6 Å². The van der Waals surface area contributed by atoms with E-state index in [1.165, 1.54) is 0 Å². The molecule has 0 unspecified atom stereocenters. The van der Waals surface area contributed by atoms with Crippen LogP contribution in [0.3, 0.4) is 0 Å². The van der Waals surface area contributed by atoms with E-state index in [4.69, 9.17) is 4.74 Å². The van der Waals surface area contributed by atoms with Gasteiger partial charge >= 0.3 is 12.5 Å². The number of halogens is 8. The number of benzene rings is 1. The van der Waals surface area contributed by atoms with E-state index in [2.05, 4.69) is 14.8 Å². The van der Waals surface area contributed by atoms with E-state index in [1.807, 2.05) is 5.32 Å². The minimum absolute atomic E-state index is 0.00950. The predicted octanol–water partition coefficient (Wildman–Crippen LogP) is 4.35. The molecule has 0 saturated carbocycles. The summed E-state index contributed by atoms with van der Waals surface area (Å²) in [5.41, 5.74) is -3.71. The van der Waals surface area contributed by atoms with Gasteiger partial charge in [0.25, 0.3) is 5.91 Å². The summed E-state index contributed by atoms with van der Waals surface area (Å²) in [4.78, 5) is 15.4. The SMILES string of the molecule is O=C(Nc1ccn[n+]([O-])c1)c1c(Oc2ccc(OC(F)(F)F)c(F)c2)cnc(C(F)(F)F)c1F. The Hall–Kier alpha value is -4.24. The Morgan fingerprint density at radius 2 is 1.76 bits per heavy atom. The minimum atomic E-state index is -5.32. The van der Waals surface area contributed by atoms with Crippen molar-refractivity contribution in [3.05, 3.63) is 71.0 Å². The highest BCUT2D eigenvalue weighted by atomic mass is 19.4. The van der Waals surface area contributed by atoms with Gasteiger partial charge in [0.05, 0.1) is 12.4 Å². The maximum Gasteiger partial charge on any atom is 0.573 e. The van der Waals surface area contributed by atoms with E-state index in [1.54, 1.807) is 0 Å². The lowest BCUT2D eigenvalue weighted by molar-refractivity contribution is -0.668. The molecule has 2 aromatic heterocycles. The van der Waals surface area contributed by atoms with Gasteiger partial charge in [0.15, 0.2) is 28.8 Å². The number of aromatic nitrogens is 3. The molecular weight excluding hydrogens is 488 g/mol. The molecule has 3 rings (SSSR count). The van der Waals surface area contributed by atoms with Gasteiger partial charge in [-0.1, -0.05) is 4.85 Å². The molecule has 3 aromatic rings. The van der Waals surface area contributed by atoms with Gasteiger partial charge in [0.1, 0.15) is 17.0 Å². The van der Waals surface area contributed by atoms with Crippen molar-refractivity contribution in [1.29, 1.82) is 0 Å². The van der Waals surface area contributed by atoms with Gasteiger partial charge in [0.2, 0.25) is 6.20 Å². The number of amides is 1. The molecule has 0 aliphatic heterocycles. The lowest BCUT2D eigenvalue weighted by atomic mass is 10.1. The van der Waals surface area contributed by atoms with Crippen LogP contribution in [0, 0.1) is 16.8 Å². The Kier molecular flexibility index (Phi) is 6.42. The first-order chi connectivity index (χ1) is 15.7. The second-order valence-corrected chi connectivity index (χ2v) is 6.17. The number of alkyl halides is 6. The molecule has 0 saturated heterocycles. The topological polar surface area (TPSA) is 100 Å². The summed E-state index contributed by atoms with van der Waals surface area (Å²) in [5, 5.41) is 16.4. The summed E-state index contributed by atoms with van der Waals surface area (Å²) < 4.78 is 113. The summed E-state index contributed by atoms with van der Waals surface area (Å²) in [7, 11) is 0. The van der Waals surface area contributed by atoms with Crippen LogP contribution in [-0.2, 0) is 6.18 Å². The number of pyridine rings is 1. The van der Waals surface area contributed by atoms with Crippen LogP contribution in [0.5, 0.6) is 17.2 Å². The van der Waals surface area contributed by atoms with Crippen LogP contribution >= 0.6 is 0 Å². The van der Waals surface area contributed by atoms with Crippen molar-refractivity contribution in [2.75, 3.05) is 5.32 Å². The predicted molar refractivity (Wildman–Crippen MR) is 93.5 cm³/mol. The van der Waals surface area contributed by atoms with E-state index in [0.717, 1.165) is 12.3 Å². The van der Waals surface area contributed by atoms with Crippen molar-refractivity contribution in [2.24, 2.45) is 0 Å². The number of nitrogens with one attached hydrogen (secondary N) is 1. The molecule has 34 heavy (non-hydrogen) atoms. The minimum Gasteiger partial charge on any atom is -0.594 e. The van der Waals surface area contributed by atoms with Crippen molar-refractivity contribution < 1.29 is 54.2 Å². The molecule has 16 heteroatoms. The number of ether oxygens (including phenoxy) is 2. The summed E-state index contributed by atoms with van der Waals surface area (Å²) in [6.07, 6.45) is -8.60. The zero-order chi connectivity index (χ0) is 25.3. The maximum atomic E-state index is 14.7. The Bertz CT molecular complexity index is 1230. The highest BCUT2D eigenvalue weighted by molar-refractivity contribution is 6.06. The Morgan fingerprint density at radius 1 is 1.06 bits per heavy atom. The van der Waals surface area contributed by atoms with Gasteiger partial charge in [-0.25, -0.2) is 13.8 Å². The highest BCUT2D eigenvalue weighted by Gasteiger charge is 2.39. The molecule has 0 fully saturated rings. The third kappa shape index (κ3) is 5.76. The van der Waals surface area contributed by atoms with Crippen molar-refractivity contribution in [3.63, 3.8) is 0 Å². The summed E-state index contributed by atoms with van der Waals surface area (Å²) in [5.74, 6) is -8.11. The zero-order valence-corrected chi connectivity index (χ0v) is 16.0. The highest BCUT2D eigenvalue weighted by Crippen LogP contribution is 2.36. The van der Waals surface area contributed by atoms with E-state index < -0.39 is 58.6 Å². The van der Waals surface area contributed by atoms with Crippen molar-refractivity contribution in [2.45, 2.75) is 12.5 Å². The van der Waals surface area contributed by atoms with Crippen LogP contribution in [0.25, 0.3) is 0 Å². The zero-order valence-electron chi connectivity index (χ0n) is 16.0. The van der Waals surface area contributed by atoms with Crippen LogP contribution in [0.4, 0.5) is 40.8 Å². The van der Waals surface area contributed by atoms with Crippen LogP contribution in [0.2, 0.25) is 0 Å². The van der Waals surface area contributed by atoms with Gasteiger partial charge in [-0.3, -0.25) is 4.79 Å². The van der Waals surface area contributed by atoms with E-state index in [9.17, 15) is 45.1 Å². The van der Waals surface area contributed by atoms with Crippen molar-refractivity contribution in [3.8, 4) is 17.2 Å². The molecule has 0 spiro atoms. The third-order valence-corrected chi connectivity index (χ3v) is 3.78. The summed E-state index contributed by atoms with van der Waals surface area (Å²) in [6, 6.07) is 2.60. The fraction of sp³-hybridized carbons (Fsp3) is 0.111. The van der Waals surface area contributed by atoms with Gasteiger partial charge in [0, 0.05) is 11.2 Å². The molecule has 0 aliphatic rings. The molecular formula is C18H8F8N4O4.